The third kappa shape index (κ3) is 3.32. The van der Waals surface area contributed by atoms with Crippen LogP contribution in [0.5, 0.6) is 0 Å². The van der Waals surface area contributed by atoms with Gasteiger partial charge in [-0.25, -0.2) is 5.10 Å². The highest BCUT2D eigenvalue weighted by Gasteiger charge is 2.04. The van der Waals surface area contributed by atoms with Crippen molar-refractivity contribution < 1.29 is 0 Å². The summed E-state index contributed by atoms with van der Waals surface area (Å²) in [5, 5.41) is 14.9. The normalized spacial score (nSPS) is 10.7. The number of aromatic nitrogens is 2. The molecule has 0 aliphatic carbocycles. The molecule has 0 spiro atoms. The molecule has 0 fully saturated rings. The highest BCUT2D eigenvalue weighted by Crippen LogP contribution is 2.11. The van der Waals surface area contributed by atoms with Gasteiger partial charge in [-0.1, -0.05) is 36.4 Å². The first-order chi connectivity index (χ1) is 10.8. The minimum atomic E-state index is -0.148. The Bertz CT molecular complexity index is 798. The summed E-state index contributed by atoms with van der Waals surface area (Å²) in [6.07, 6.45) is 0. The van der Waals surface area contributed by atoms with Crippen LogP contribution in [-0.2, 0) is 6.54 Å². The molecule has 0 saturated heterocycles. The van der Waals surface area contributed by atoms with Crippen LogP contribution in [0.1, 0.15) is 5.69 Å². The van der Waals surface area contributed by atoms with Gasteiger partial charge < -0.3 is 10.6 Å². The topological polar surface area (TPSA) is 69.8 Å². The van der Waals surface area contributed by atoms with E-state index in [2.05, 4.69) is 20.8 Å². The minimum absolute atomic E-state index is 0.148. The number of rotatable bonds is 6. The van der Waals surface area contributed by atoms with Gasteiger partial charge >= 0.3 is 0 Å². The summed E-state index contributed by atoms with van der Waals surface area (Å²) in [6.45, 7) is 2.25. The molecule has 3 rings (SSSR count). The van der Waals surface area contributed by atoms with Crippen LogP contribution in [0, 0.1) is 0 Å². The number of hydrogen-bond donors (Lipinski definition) is 3. The van der Waals surface area contributed by atoms with Crippen LogP contribution in [0.4, 0.5) is 5.69 Å². The molecule has 22 heavy (non-hydrogen) atoms. The Kier molecular flexibility index (Phi) is 4.46. The van der Waals surface area contributed by atoms with Crippen molar-refractivity contribution in [3.8, 4) is 0 Å². The van der Waals surface area contributed by atoms with Crippen molar-refractivity contribution in [2.75, 3.05) is 18.4 Å². The number of nitrogens with one attached hydrogen (secondary N) is 3. The van der Waals surface area contributed by atoms with Crippen molar-refractivity contribution >= 4 is 16.5 Å². The Hall–Kier alpha value is -2.66. The number of hydrogen-bond acceptors (Lipinski definition) is 4. The quantitative estimate of drug-likeness (QED) is 0.609. The van der Waals surface area contributed by atoms with Gasteiger partial charge in [0.05, 0.1) is 11.1 Å². The lowest BCUT2D eigenvalue weighted by atomic mass is 10.1. The van der Waals surface area contributed by atoms with E-state index in [1.165, 1.54) is 0 Å². The van der Waals surface area contributed by atoms with Crippen LogP contribution in [0.25, 0.3) is 10.8 Å². The van der Waals surface area contributed by atoms with Crippen LogP contribution in [0.15, 0.2) is 59.4 Å². The van der Waals surface area contributed by atoms with Gasteiger partial charge in [0.2, 0.25) is 0 Å². The molecule has 5 nitrogen and oxygen atoms in total. The van der Waals surface area contributed by atoms with Gasteiger partial charge in [0.1, 0.15) is 0 Å². The van der Waals surface area contributed by atoms with Gasteiger partial charge in [-0.3, -0.25) is 4.79 Å². The molecule has 2 aromatic carbocycles. The highest BCUT2D eigenvalue weighted by atomic mass is 16.1. The van der Waals surface area contributed by atoms with E-state index in [0.717, 1.165) is 29.9 Å². The Morgan fingerprint density at radius 2 is 1.64 bits per heavy atom. The predicted molar refractivity (Wildman–Crippen MR) is 89.0 cm³/mol. The van der Waals surface area contributed by atoms with Crippen LogP contribution >= 0.6 is 0 Å². The van der Waals surface area contributed by atoms with E-state index in [9.17, 15) is 4.79 Å². The number of fused-ring (bicyclic) bond motifs is 1. The monoisotopic (exact) mass is 294 g/mol. The summed E-state index contributed by atoms with van der Waals surface area (Å²) in [5.41, 5.74) is 1.82. The summed E-state index contributed by atoms with van der Waals surface area (Å²) < 4.78 is 0. The van der Waals surface area contributed by atoms with Crippen molar-refractivity contribution in [3.05, 3.63) is 70.6 Å². The van der Waals surface area contributed by atoms with Crippen molar-refractivity contribution in [1.29, 1.82) is 0 Å². The van der Waals surface area contributed by atoms with Crippen LogP contribution in [-0.4, -0.2) is 23.3 Å². The van der Waals surface area contributed by atoms with E-state index in [1.807, 2.05) is 54.6 Å². The van der Waals surface area contributed by atoms with Gasteiger partial charge in [0, 0.05) is 30.7 Å². The molecule has 3 aromatic rings. The molecule has 0 atom stereocenters. The fraction of sp³-hybridized carbons (Fsp3) is 0.176. The average molecular weight is 294 g/mol. The Morgan fingerprint density at radius 3 is 2.45 bits per heavy atom. The molecule has 0 radical (unpaired) electrons. The second-order valence-electron chi connectivity index (χ2n) is 5.01. The summed E-state index contributed by atoms with van der Waals surface area (Å²) in [4.78, 5) is 11.7. The molecule has 0 saturated carbocycles. The SMILES string of the molecule is O=c1[nH]nc(CNCCNc2ccccc2)c2ccccc12. The number of anilines is 1. The maximum atomic E-state index is 11.7. The molecule has 112 valence electrons. The molecule has 0 aliphatic rings. The van der Waals surface area contributed by atoms with Crippen LogP contribution in [0.3, 0.4) is 0 Å². The smallest absolute Gasteiger partial charge is 0.272 e. The zero-order valence-corrected chi connectivity index (χ0v) is 12.2. The lowest BCUT2D eigenvalue weighted by Gasteiger charge is -2.08. The number of aromatic amines is 1. The second-order valence-corrected chi connectivity index (χ2v) is 5.01. The van der Waals surface area contributed by atoms with Crippen molar-refractivity contribution in [3.63, 3.8) is 0 Å². The van der Waals surface area contributed by atoms with Crippen LogP contribution < -0.4 is 16.2 Å². The molecule has 0 aliphatic heterocycles. The third-order valence-electron chi connectivity index (χ3n) is 3.47. The third-order valence-corrected chi connectivity index (χ3v) is 3.47. The van der Waals surface area contributed by atoms with Gasteiger partial charge in [0.15, 0.2) is 0 Å². The van der Waals surface area contributed by atoms with Crippen molar-refractivity contribution in [1.82, 2.24) is 15.5 Å². The summed E-state index contributed by atoms with van der Waals surface area (Å²) >= 11 is 0. The molecular weight excluding hydrogens is 276 g/mol. The molecule has 5 heteroatoms. The average Bonchev–Trinajstić information content (AvgIpc) is 2.58. The molecule has 0 unspecified atom stereocenters. The maximum Gasteiger partial charge on any atom is 0.272 e. The van der Waals surface area contributed by atoms with E-state index in [4.69, 9.17) is 0 Å². The first kappa shape index (κ1) is 14.3. The van der Waals surface area contributed by atoms with Crippen molar-refractivity contribution in [2.24, 2.45) is 0 Å². The first-order valence-electron chi connectivity index (χ1n) is 7.30. The largest absolute Gasteiger partial charge is 0.384 e. The fourth-order valence-electron chi connectivity index (χ4n) is 2.36. The Balaban J connectivity index is 1.56. The number of benzene rings is 2. The predicted octanol–water partition coefficient (Wildman–Crippen LogP) is 2.12. The number of nitrogens with zero attached hydrogens (tertiary/aromatic N) is 1. The lowest BCUT2D eigenvalue weighted by Crippen LogP contribution is -2.23. The molecule has 1 heterocycles. The van der Waals surface area contributed by atoms with Gasteiger partial charge in [-0.15, -0.1) is 0 Å². The van der Waals surface area contributed by atoms with Gasteiger partial charge in [-0.05, 0) is 18.2 Å². The van der Waals surface area contributed by atoms with Gasteiger partial charge in [0.25, 0.3) is 5.56 Å². The molecule has 0 bridgehead atoms. The molecule has 3 N–H and O–H groups in total. The number of H-pyrrole nitrogens is 1. The van der Waals surface area contributed by atoms with Gasteiger partial charge in [-0.2, -0.15) is 5.10 Å². The zero-order valence-electron chi connectivity index (χ0n) is 12.2. The number of para-hydroxylation sites is 1. The van der Waals surface area contributed by atoms with E-state index in [-0.39, 0.29) is 5.56 Å². The van der Waals surface area contributed by atoms with E-state index < -0.39 is 0 Å². The molecular formula is C17H18N4O. The van der Waals surface area contributed by atoms with E-state index in [1.54, 1.807) is 0 Å². The first-order valence-corrected chi connectivity index (χ1v) is 7.30. The second kappa shape index (κ2) is 6.87. The zero-order chi connectivity index (χ0) is 15.2. The summed E-state index contributed by atoms with van der Waals surface area (Å²) in [5.74, 6) is 0. The summed E-state index contributed by atoms with van der Waals surface area (Å²) in [6, 6.07) is 17.6. The molecule has 0 amide bonds. The lowest BCUT2D eigenvalue weighted by molar-refractivity contribution is 0.687. The minimum Gasteiger partial charge on any atom is -0.384 e. The molecule has 1 aromatic heterocycles. The summed E-state index contributed by atoms with van der Waals surface area (Å²) in [7, 11) is 0. The Morgan fingerprint density at radius 1 is 0.909 bits per heavy atom. The fourth-order valence-corrected chi connectivity index (χ4v) is 2.36. The van der Waals surface area contributed by atoms with E-state index in [0.29, 0.717) is 11.9 Å². The Labute approximate surface area is 128 Å². The van der Waals surface area contributed by atoms with E-state index >= 15 is 0 Å². The standard InChI is InChI=1S/C17H18N4O/c22-17-15-9-5-4-8-14(15)16(20-21-17)12-18-10-11-19-13-6-2-1-3-7-13/h1-9,18-19H,10-12H2,(H,21,22). The van der Waals surface area contributed by atoms with Crippen LogP contribution in [0.2, 0.25) is 0 Å². The highest BCUT2D eigenvalue weighted by molar-refractivity contribution is 5.83. The van der Waals surface area contributed by atoms with Crippen molar-refractivity contribution in [2.45, 2.75) is 6.54 Å². The maximum absolute atomic E-state index is 11.7.